The molecule has 4 atom stereocenters. The van der Waals surface area contributed by atoms with Gasteiger partial charge in [0.15, 0.2) is 5.78 Å². The molecule has 0 aromatic heterocycles. The summed E-state index contributed by atoms with van der Waals surface area (Å²) >= 11 is 0. The van der Waals surface area contributed by atoms with Gasteiger partial charge in [0.25, 0.3) is 0 Å². The van der Waals surface area contributed by atoms with Gasteiger partial charge in [-0.3, -0.25) is 24.5 Å². The summed E-state index contributed by atoms with van der Waals surface area (Å²) in [5.74, 6) is -4.91. The fraction of sp³-hybridized carbons (Fsp3) is 0.393. The summed E-state index contributed by atoms with van der Waals surface area (Å²) in [6.07, 6.45) is -4.79. The fourth-order valence-corrected chi connectivity index (χ4v) is 4.43. The number of amides is 5. The van der Waals surface area contributed by atoms with E-state index in [-0.39, 0.29) is 18.5 Å². The van der Waals surface area contributed by atoms with Crippen LogP contribution in [-0.2, 0) is 31.9 Å². The summed E-state index contributed by atoms with van der Waals surface area (Å²) in [7, 11) is 0. The first kappa shape index (κ1) is 30.3. The van der Waals surface area contributed by atoms with Crippen LogP contribution in [0.3, 0.4) is 0 Å². The maximum atomic E-state index is 13.2. The van der Waals surface area contributed by atoms with Crippen molar-refractivity contribution in [3.8, 4) is 0 Å². The molecule has 0 spiro atoms. The quantitative estimate of drug-likeness (QED) is 0.262. The molecule has 2 aromatic carbocycles. The predicted molar refractivity (Wildman–Crippen MR) is 138 cm³/mol. The minimum absolute atomic E-state index is 0.187. The molecule has 2 unspecified atom stereocenters. The fourth-order valence-electron chi connectivity index (χ4n) is 4.43. The molecule has 5 amide bonds. The molecule has 1 aliphatic heterocycles. The van der Waals surface area contributed by atoms with E-state index in [1.54, 1.807) is 44.2 Å². The van der Waals surface area contributed by atoms with Gasteiger partial charge in [-0.05, 0) is 29.2 Å². The van der Waals surface area contributed by atoms with Gasteiger partial charge in [0.2, 0.25) is 17.7 Å². The van der Waals surface area contributed by atoms with E-state index in [0.717, 1.165) is 12.1 Å². The number of ketones is 1. The monoisotopic (exact) mass is 560 g/mol. The lowest BCUT2D eigenvalue weighted by Gasteiger charge is -2.26. The van der Waals surface area contributed by atoms with Crippen LogP contribution in [0, 0.1) is 17.8 Å². The summed E-state index contributed by atoms with van der Waals surface area (Å²) in [4.78, 5) is 62.9. The lowest BCUT2D eigenvalue weighted by Crippen LogP contribution is -2.50. The molecule has 4 N–H and O–H groups in total. The van der Waals surface area contributed by atoms with E-state index in [0.29, 0.717) is 5.56 Å². The Balaban J connectivity index is 1.69. The summed E-state index contributed by atoms with van der Waals surface area (Å²) < 4.78 is 39.0. The van der Waals surface area contributed by atoms with Crippen molar-refractivity contribution in [3.63, 3.8) is 0 Å². The highest BCUT2D eigenvalue weighted by Crippen LogP contribution is 2.29. The smallest absolute Gasteiger partial charge is 0.346 e. The molecule has 3 rings (SSSR count). The number of Topliss-reactive ketones (excluding diaryl/α,β-unsaturated/α-hetero) is 1. The van der Waals surface area contributed by atoms with Gasteiger partial charge in [0.1, 0.15) is 5.92 Å². The van der Waals surface area contributed by atoms with E-state index in [1.807, 2.05) is 0 Å². The van der Waals surface area contributed by atoms with Crippen molar-refractivity contribution in [1.29, 1.82) is 0 Å². The van der Waals surface area contributed by atoms with Crippen LogP contribution in [-0.4, -0.2) is 35.6 Å². The third-order valence-electron chi connectivity index (χ3n) is 6.64. The molecule has 214 valence electrons. The van der Waals surface area contributed by atoms with Crippen molar-refractivity contribution in [3.05, 3.63) is 71.3 Å². The normalized spacial score (nSPS) is 18.6. The number of hydrogen-bond acceptors (Lipinski definition) is 5. The van der Waals surface area contributed by atoms with Crippen LogP contribution in [0.2, 0.25) is 0 Å². The molecular weight excluding hydrogens is 529 g/mol. The first-order valence-corrected chi connectivity index (χ1v) is 12.7. The number of alkyl halides is 3. The molecule has 12 heteroatoms. The van der Waals surface area contributed by atoms with Crippen LogP contribution in [0.1, 0.15) is 49.9 Å². The Morgan fingerprint density at radius 2 is 1.62 bits per heavy atom. The number of carbonyl (C=O) groups is 5. The van der Waals surface area contributed by atoms with Crippen molar-refractivity contribution >= 4 is 29.5 Å². The lowest BCUT2D eigenvalue weighted by molar-refractivity contribution is -0.138. The van der Waals surface area contributed by atoms with Crippen molar-refractivity contribution in [2.75, 3.05) is 0 Å². The van der Waals surface area contributed by atoms with Gasteiger partial charge in [0, 0.05) is 6.54 Å². The molecule has 40 heavy (non-hydrogen) atoms. The number of urea groups is 1. The summed E-state index contributed by atoms with van der Waals surface area (Å²) in [5.41, 5.74) is -0.0243. The molecule has 2 aromatic rings. The largest absolute Gasteiger partial charge is 0.416 e. The molecule has 0 aliphatic carbocycles. The molecule has 0 radical (unpaired) electrons. The summed E-state index contributed by atoms with van der Waals surface area (Å²) in [6, 6.07) is 10.5. The second-order valence-corrected chi connectivity index (χ2v) is 10.0. The Morgan fingerprint density at radius 1 is 0.950 bits per heavy atom. The molecule has 1 aliphatic rings. The third-order valence-corrected chi connectivity index (χ3v) is 6.64. The lowest BCUT2D eigenvalue weighted by atomic mass is 9.85. The number of nitrogens with one attached hydrogen (secondary N) is 4. The summed E-state index contributed by atoms with van der Waals surface area (Å²) in [5, 5.41) is 9.93. The van der Waals surface area contributed by atoms with E-state index in [2.05, 4.69) is 21.3 Å². The zero-order valence-electron chi connectivity index (χ0n) is 22.2. The van der Waals surface area contributed by atoms with E-state index in [4.69, 9.17) is 0 Å². The Labute approximate surface area is 229 Å². The molecule has 0 bridgehead atoms. The molecule has 9 nitrogen and oxygen atoms in total. The highest BCUT2D eigenvalue weighted by Gasteiger charge is 2.46. The van der Waals surface area contributed by atoms with Crippen LogP contribution in [0.4, 0.5) is 18.0 Å². The predicted octanol–water partition coefficient (Wildman–Crippen LogP) is 3.25. The highest BCUT2D eigenvalue weighted by atomic mass is 19.4. The first-order valence-electron chi connectivity index (χ1n) is 12.7. The van der Waals surface area contributed by atoms with Crippen LogP contribution < -0.4 is 21.3 Å². The number of benzene rings is 2. The topological polar surface area (TPSA) is 133 Å². The SMILES string of the molecule is CC(C)[C@H](NC(=O)CC(NC(=O)NCc1cccc(C(F)(F)F)c1)c1ccccc1)C(=O)C1C(=O)NC(=O)[C@H]1C. The molecule has 1 fully saturated rings. The van der Waals surface area contributed by atoms with E-state index in [9.17, 15) is 37.1 Å². The van der Waals surface area contributed by atoms with Crippen LogP contribution in [0.5, 0.6) is 0 Å². The van der Waals surface area contributed by atoms with E-state index >= 15 is 0 Å². The second-order valence-electron chi connectivity index (χ2n) is 10.0. The average Bonchev–Trinajstić information content (AvgIpc) is 3.15. The van der Waals surface area contributed by atoms with E-state index in [1.165, 1.54) is 19.1 Å². The number of hydrogen-bond donors (Lipinski definition) is 4. The van der Waals surface area contributed by atoms with Crippen molar-refractivity contribution < 1.29 is 37.1 Å². The van der Waals surface area contributed by atoms with Gasteiger partial charge >= 0.3 is 12.2 Å². The Hall–Kier alpha value is -4.22. The molecular formula is C28H31F3N4O5. The van der Waals surface area contributed by atoms with Gasteiger partial charge in [-0.25, -0.2) is 4.79 Å². The average molecular weight is 561 g/mol. The van der Waals surface area contributed by atoms with E-state index < -0.39 is 71.1 Å². The molecule has 1 saturated heterocycles. The number of rotatable bonds is 10. The van der Waals surface area contributed by atoms with Gasteiger partial charge < -0.3 is 16.0 Å². The van der Waals surface area contributed by atoms with Crippen molar-refractivity contribution in [2.24, 2.45) is 17.8 Å². The number of carbonyl (C=O) groups excluding carboxylic acids is 5. The number of halogens is 3. The second kappa shape index (κ2) is 12.8. The van der Waals surface area contributed by atoms with Gasteiger partial charge in [0.05, 0.1) is 30.0 Å². The minimum atomic E-state index is -4.52. The first-order chi connectivity index (χ1) is 18.8. The maximum Gasteiger partial charge on any atom is 0.416 e. The minimum Gasteiger partial charge on any atom is -0.346 e. The summed E-state index contributed by atoms with van der Waals surface area (Å²) in [6.45, 7) is 4.66. The molecule has 1 heterocycles. The van der Waals surface area contributed by atoms with Gasteiger partial charge in [-0.2, -0.15) is 13.2 Å². The van der Waals surface area contributed by atoms with Crippen LogP contribution in [0.15, 0.2) is 54.6 Å². The van der Waals surface area contributed by atoms with Gasteiger partial charge in [-0.1, -0.05) is 63.2 Å². The Morgan fingerprint density at radius 3 is 2.20 bits per heavy atom. The Kier molecular flexibility index (Phi) is 9.67. The maximum absolute atomic E-state index is 13.2. The van der Waals surface area contributed by atoms with Crippen LogP contribution in [0.25, 0.3) is 0 Å². The highest BCUT2D eigenvalue weighted by molar-refractivity contribution is 6.16. The van der Waals surface area contributed by atoms with Crippen molar-refractivity contribution in [1.82, 2.24) is 21.3 Å². The molecule has 0 saturated carbocycles. The zero-order chi connectivity index (χ0) is 29.6. The number of imide groups is 1. The third kappa shape index (κ3) is 7.67. The van der Waals surface area contributed by atoms with Gasteiger partial charge in [-0.15, -0.1) is 0 Å². The standard InChI is InChI=1S/C28H31F3N4O5/c1-15(2)23(24(37)22-16(3)25(38)35-26(22)39)34-21(36)13-20(18-9-5-4-6-10-18)33-27(40)32-14-17-8-7-11-19(12-17)28(29,30)31/h4-12,15-16,20,22-23H,13-14H2,1-3H3,(H,34,36)(H2,32,33,40)(H,35,38,39)/t16-,20?,22?,23-/m0/s1. The Bertz CT molecular complexity index is 1270. The van der Waals surface area contributed by atoms with Crippen LogP contribution >= 0.6 is 0 Å². The zero-order valence-corrected chi connectivity index (χ0v) is 22.2. The van der Waals surface area contributed by atoms with Crippen molar-refractivity contribution in [2.45, 2.75) is 52.0 Å².